The van der Waals surface area contributed by atoms with E-state index in [0.717, 1.165) is 24.0 Å². The molecule has 142 valence electrons. The number of piperidine rings is 1. The van der Waals surface area contributed by atoms with Gasteiger partial charge in [0.15, 0.2) is 0 Å². The summed E-state index contributed by atoms with van der Waals surface area (Å²) in [6.07, 6.45) is 4.50. The van der Waals surface area contributed by atoms with Crippen LogP contribution in [0.5, 0.6) is 0 Å². The number of nitrogens with one attached hydrogen (secondary N) is 1. The fraction of sp³-hybridized carbons (Fsp3) is 0.750. The molecule has 0 aliphatic carbocycles. The average Bonchev–Trinajstić information content (AvgIpc) is 3.03. The molecule has 3 rings (SSSR count). The van der Waals surface area contributed by atoms with Crippen molar-refractivity contribution in [1.29, 1.82) is 0 Å². The highest BCUT2D eigenvalue weighted by Gasteiger charge is 2.30. The largest absolute Gasteiger partial charge is 0.340 e. The van der Waals surface area contributed by atoms with Crippen LogP contribution in [0.25, 0.3) is 0 Å². The Balaban J connectivity index is 0.00000225. The third kappa shape index (κ3) is 4.89. The number of piperazine rings is 1. The number of carbonyl (C=O) groups excluding carboxylic acids is 1. The predicted molar refractivity (Wildman–Crippen MR) is 92.8 cm³/mol. The minimum atomic E-state index is -2.56. The van der Waals surface area contributed by atoms with Gasteiger partial charge in [0.2, 0.25) is 5.91 Å². The second-order valence-electron chi connectivity index (χ2n) is 6.71. The summed E-state index contributed by atoms with van der Waals surface area (Å²) in [7, 11) is 0. The zero-order valence-corrected chi connectivity index (χ0v) is 15.2. The normalized spacial score (nSPS) is 25.0. The van der Waals surface area contributed by atoms with Crippen LogP contribution in [-0.4, -0.2) is 64.0 Å². The molecular weight excluding hydrogens is 352 g/mol. The number of carbonyl (C=O) groups is 1. The maximum absolute atomic E-state index is 12.9. The SMILES string of the molecule is C[C@H]1C[C@@H](C(=O)N2CCN(Cc3nccn3C(F)F)CC2)CCN1.Cl. The highest BCUT2D eigenvalue weighted by atomic mass is 35.5. The van der Waals surface area contributed by atoms with Crippen LogP contribution in [-0.2, 0) is 11.3 Å². The predicted octanol–water partition coefficient (Wildman–Crippen LogP) is 1.73. The summed E-state index contributed by atoms with van der Waals surface area (Å²) >= 11 is 0. The molecule has 2 fully saturated rings. The van der Waals surface area contributed by atoms with Gasteiger partial charge in [0, 0.05) is 50.5 Å². The highest BCUT2D eigenvalue weighted by Crippen LogP contribution is 2.20. The van der Waals surface area contributed by atoms with Gasteiger partial charge in [-0.25, -0.2) is 4.98 Å². The summed E-state index contributed by atoms with van der Waals surface area (Å²) in [5.41, 5.74) is 0. The van der Waals surface area contributed by atoms with Crippen LogP contribution in [0.1, 0.15) is 32.1 Å². The molecule has 2 aliphatic rings. The molecule has 0 unspecified atom stereocenters. The molecule has 0 bridgehead atoms. The van der Waals surface area contributed by atoms with Gasteiger partial charge >= 0.3 is 6.55 Å². The van der Waals surface area contributed by atoms with Crippen molar-refractivity contribution in [2.45, 2.75) is 38.9 Å². The maximum atomic E-state index is 12.9. The molecule has 6 nitrogen and oxygen atoms in total. The van der Waals surface area contributed by atoms with E-state index in [1.54, 1.807) is 0 Å². The van der Waals surface area contributed by atoms with E-state index in [1.807, 2.05) is 4.90 Å². The first-order valence-electron chi connectivity index (χ1n) is 8.59. The van der Waals surface area contributed by atoms with Gasteiger partial charge in [0.1, 0.15) is 5.82 Å². The second-order valence-corrected chi connectivity index (χ2v) is 6.71. The molecule has 0 spiro atoms. The van der Waals surface area contributed by atoms with E-state index in [1.165, 1.54) is 12.4 Å². The standard InChI is InChI=1S/C16H25F2N5O.ClH/c1-12-10-13(2-3-19-12)15(24)22-8-6-21(7-9-22)11-14-20-4-5-23(14)16(17)18;/h4-5,12-13,16,19H,2-3,6-11H2,1H3;1H/t12-,13-;/m0./s1. The third-order valence-electron chi connectivity index (χ3n) is 4.98. The topological polar surface area (TPSA) is 53.4 Å². The summed E-state index contributed by atoms with van der Waals surface area (Å²) in [6.45, 7) is 3.55. The Labute approximate surface area is 153 Å². The van der Waals surface area contributed by atoms with Crippen LogP contribution >= 0.6 is 12.4 Å². The number of nitrogens with zero attached hydrogens (tertiary/aromatic N) is 4. The molecule has 1 aromatic heterocycles. The Kier molecular flexibility index (Phi) is 7.15. The number of hydrogen-bond donors (Lipinski definition) is 1. The van der Waals surface area contributed by atoms with Crippen molar-refractivity contribution in [2.75, 3.05) is 32.7 Å². The zero-order valence-electron chi connectivity index (χ0n) is 14.4. The molecule has 1 N–H and O–H groups in total. The van der Waals surface area contributed by atoms with Gasteiger partial charge in [-0.2, -0.15) is 8.78 Å². The quantitative estimate of drug-likeness (QED) is 0.868. The Morgan fingerprint density at radius 3 is 2.72 bits per heavy atom. The molecule has 0 radical (unpaired) electrons. The van der Waals surface area contributed by atoms with Gasteiger partial charge in [0.25, 0.3) is 0 Å². The molecular formula is C16H26ClF2N5O. The Morgan fingerprint density at radius 1 is 1.36 bits per heavy atom. The fourth-order valence-corrected chi connectivity index (χ4v) is 3.58. The first kappa shape index (κ1) is 20.1. The van der Waals surface area contributed by atoms with E-state index in [9.17, 15) is 13.6 Å². The molecule has 0 saturated carbocycles. The van der Waals surface area contributed by atoms with E-state index in [4.69, 9.17) is 0 Å². The number of amides is 1. The lowest BCUT2D eigenvalue weighted by Crippen LogP contribution is -2.52. The van der Waals surface area contributed by atoms with Gasteiger partial charge in [-0.3, -0.25) is 14.3 Å². The highest BCUT2D eigenvalue weighted by molar-refractivity contribution is 5.85. The van der Waals surface area contributed by atoms with E-state index in [-0.39, 0.29) is 24.2 Å². The smallest absolute Gasteiger partial charge is 0.319 e. The molecule has 1 aromatic rings. The number of aromatic nitrogens is 2. The number of hydrogen-bond acceptors (Lipinski definition) is 4. The van der Waals surface area contributed by atoms with Crippen molar-refractivity contribution >= 4 is 18.3 Å². The van der Waals surface area contributed by atoms with E-state index in [2.05, 4.69) is 22.1 Å². The van der Waals surface area contributed by atoms with Crippen molar-refractivity contribution in [1.82, 2.24) is 24.7 Å². The van der Waals surface area contributed by atoms with Crippen molar-refractivity contribution in [3.8, 4) is 0 Å². The Bertz CT molecular complexity index is 562. The monoisotopic (exact) mass is 377 g/mol. The van der Waals surface area contributed by atoms with Crippen molar-refractivity contribution in [3.63, 3.8) is 0 Å². The van der Waals surface area contributed by atoms with Crippen molar-refractivity contribution in [2.24, 2.45) is 5.92 Å². The lowest BCUT2D eigenvalue weighted by molar-refractivity contribution is -0.138. The summed E-state index contributed by atoms with van der Waals surface area (Å²) < 4.78 is 26.6. The van der Waals surface area contributed by atoms with Gasteiger partial charge in [-0.05, 0) is 26.3 Å². The van der Waals surface area contributed by atoms with Crippen molar-refractivity contribution < 1.29 is 13.6 Å². The molecule has 25 heavy (non-hydrogen) atoms. The number of rotatable bonds is 4. The van der Waals surface area contributed by atoms with Crippen LogP contribution in [0.3, 0.4) is 0 Å². The first-order chi connectivity index (χ1) is 11.5. The molecule has 9 heteroatoms. The summed E-state index contributed by atoms with van der Waals surface area (Å²) in [5, 5.41) is 3.37. The molecule has 2 aliphatic heterocycles. The van der Waals surface area contributed by atoms with Gasteiger partial charge in [0.05, 0.1) is 6.54 Å². The molecule has 1 amide bonds. The van der Waals surface area contributed by atoms with E-state index in [0.29, 0.717) is 44.6 Å². The van der Waals surface area contributed by atoms with Gasteiger partial charge < -0.3 is 10.2 Å². The van der Waals surface area contributed by atoms with Gasteiger partial charge in [-0.15, -0.1) is 12.4 Å². The average molecular weight is 378 g/mol. The third-order valence-corrected chi connectivity index (χ3v) is 4.98. The lowest BCUT2D eigenvalue weighted by atomic mass is 9.92. The summed E-state index contributed by atoms with van der Waals surface area (Å²) in [5.74, 6) is 0.736. The van der Waals surface area contributed by atoms with Gasteiger partial charge in [-0.1, -0.05) is 0 Å². The van der Waals surface area contributed by atoms with E-state index < -0.39 is 6.55 Å². The molecule has 2 saturated heterocycles. The molecule has 3 heterocycles. The minimum Gasteiger partial charge on any atom is -0.340 e. The fourth-order valence-electron chi connectivity index (χ4n) is 3.58. The summed E-state index contributed by atoms with van der Waals surface area (Å²) in [4.78, 5) is 20.7. The Hall–Kier alpha value is -1.25. The number of alkyl halides is 2. The number of imidazole rings is 1. The number of halogens is 3. The minimum absolute atomic E-state index is 0. The van der Waals surface area contributed by atoms with Crippen molar-refractivity contribution in [3.05, 3.63) is 18.2 Å². The Morgan fingerprint density at radius 2 is 2.08 bits per heavy atom. The molecule has 0 aromatic carbocycles. The first-order valence-corrected chi connectivity index (χ1v) is 8.59. The van der Waals surface area contributed by atoms with Crippen LogP contribution < -0.4 is 5.32 Å². The lowest BCUT2D eigenvalue weighted by Gasteiger charge is -2.37. The van der Waals surface area contributed by atoms with Crippen LogP contribution in [0, 0.1) is 5.92 Å². The second kappa shape index (κ2) is 8.91. The maximum Gasteiger partial charge on any atom is 0.319 e. The summed E-state index contributed by atoms with van der Waals surface area (Å²) in [6, 6.07) is 0.391. The zero-order chi connectivity index (χ0) is 17.1. The van der Waals surface area contributed by atoms with Crippen LogP contribution in [0.15, 0.2) is 12.4 Å². The van der Waals surface area contributed by atoms with Crippen LogP contribution in [0.2, 0.25) is 0 Å². The van der Waals surface area contributed by atoms with Crippen LogP contribution in [0.4, 0.5) is 8.78 Å². The molecule has 2 atom stereocenters. The van der Waals surface area contributed by atoms with E-state index >= 15 is 0 Å².